The lowest BCUT2D eigenvalue weighted by Gasteiger charge is -2.06. The van der Waals surface area contributed by atoms with Gasteiger partial charge in [0.15, 0.2) is 0 Å². The second-order valence-corrected chi connectivity index (χ2v) is 8.22. The van der Waals surface area contributed by atoms with Crippen molar-refractivity contribution >= 4 is 45.6 Å². The number of benzene rings is 2. The van der Waals surface area contributed by atoms with Crippen LogP contribution < -0.4 is 0 Å². The fourth-order valence-corrected chi connectivity index (χ4v) is 4.28. The number of carboxylic acid groups (broad SMARTS) is 1. The Labute approximate surface area is 193 Å². The van der Waals surface area contributed by atoms with Gasteiger partial charge in [0.1, 0.15) is 5.69 Å². The van der Waals surface area contributed by atoms with Crippen molar-refractivity contribution in [2.75, 3.05) is 0 Å². The molecule has 0 amide bonds. The Bertz CT molecular complexity index is 1500. The predicted molar refractivity (Wildman–Crippen MR) is 129 cm³/mol. The number of aliphatic carboxylic acids is 1. The number of pyridine rings is 1. The molecule has 0 saturated carbocycles. The van der Waals surface area contributed by atoms with Crippen LogP contribution in [-0.4, -0.2) is 31.6 Å². The van der Waals surface area contributed by atoms with Crippen molar-refractivity contribution in [3.05, 3.63) is 102 Å². The first-order valence-electron chi connectivity index (χ1n) is 10.1. The molecule has 0 saturated heterocycles. The third-order valence-electron chi connectivity index (χ3n) is 5.13. The maximum atomic E-state index is 12.7. The molecule has 2 aromatic carbocycles. The Morgan fingerprint density at radius 3 is 2.45 bits per heavy atom. The molecule has 0 fully saturated rings. The number of fused-ring (bicyclic) bond motifs is 1. The van der Waals surface area contributed by atoms with Crippen LogP contribution in [0.25, 0.3) is 38.8 Å². The van der Waals surface area contributed by atoms with E-state index in [0.717, 1.165) is 16.0 Å². The summed E-state index contributed by atoms with van der Waals surface area (Å²) in [6.45, 7) is 0. The molecule has 0 bridgehead atoms. The highest BCUT2D eigenvalue weighted by Crippen LogP contribution is 2.31. The lowest BCUT2D eigenvalue weighted by Crippen LogP contribution is -2.15. The number of carbonyl (C=O) groups excluding carboxylic acids is 1. The van der Waals surface area contributed by atoms with Gasteiger partial charge in [-0.2, -0.15) is 5.10 Å². The molecular weight excluding hydrogens is 434 g/mol. The second kappa shape index (κ2) is 8.64. The molecule has 0 aliphatic rings. The summed E-state index contributed by atoms with van der Waals surface area (Å²) in [7, 11) is 0. The normalized spacial score (nSPS) is 11.6. The Hall–Kier alpha value is -4.36. The first-order valence-corrected chi connectivity index (χ1v) is 11.0. The maximum Gasteiger partial charge on any atom is 0.377 e. The van der Waals surface area contributed by atoms with Crippen LogP contribution in [0.4, 0.5) is 0 Å². The standard InChI is InChI=1S/C26H17N3O3S/c30-25(26(31)32)20(22-13-12-17-7-4-5-10-21(17)27-22)15-18-16-29(19-8-2-1-3-9-19)28-24(18)23-11-6-14-33-23/h1-16H,(H,31,32). The van der Waals surface area contributed by atoms with Crippen molar-refractivity contribution in [2.24, 2.45) is 0 Å². The molecule has 0 spiro atoms. The van der Waals surface area contributed by atoms with Crippen molar-refractivity contribution in [3.8, 4) is 16.3 Å². The van der Waals surface area contributed by atoms with Crippen molar-refractivity contribution in [2.45, 2.75) is 0 Å². The molecule has 5 aromatic rings. The Morgan fingerprint density at radius 1 is 0.909 bits per heavy atom. The summed E-state index contributed by atoms with van der Waals surface area (Å²) in [6.07, 6.45) is 3.36. The molecule has 3 heterocycles. The summed E-state index contributed by atoms with van der Waals surface area (Å²) < 4.78 is 1.72. The van der Waals surface area contributed by atoms with Crippen molar-refractivity contribution in [3.63, 3.8) is 0 Å². The van der Waals surface area contributed by atoms with Gasteiger partial charge in [-0.15, -0.1) is 11.3 Å². The molecule has 5 rings (SSSR count). The molecule has 6 nitrogen and oxygen atoms in total. The highest BCUT2D eigenvalue weighted by Gasteiger charge is 2.23. The number of ketones is 1. The zero-order valence-corrected chi connectivity index (χ0v) is 18.1. The van der Waals surface area contributed by atoms with Crippen LogP contribution >= 0.6 is 11.3 Å². The van der Waals surface area contributed by atoms with Crippen LogP contribution in [0.3, 0.4) is 0 Å². The molecule has 7 heteroatoms. The molecular formula is C26H17N3O3S. The highest BCUT2D eigenvalue weighted by molar-refractivity contribution is 7.13. The minimum Gasteiger partial charge on any atom is -0.475 e. The van der Waals surface area contributed by atoms with Gasteiger partial charge in [0.05, 0.1) is 27.3 Å². The number of aromatic nitrogens is 3. The number of hydrogen-bond acceptors (Lipinski definition) is 5. The van der Waals surface area contributed by atoms with Gasteiger partial charge < -0.3 is 5.11 Å². The van der Waals surface area contributed by atoms with Crippen LogP contribution in [0.2, 0.25) is 0 Å². The third kappa shape index (κ3) is 4.09. The molecule has 1 N–H and O–H groups in total. The molecule has 160 valence electrons. The SMILES string of the molecule is O=C(O)C(=O)C(=Cc1cn(-c2ccccc2)nc1-c1cccs1)c1ccc2ccccc2n1. The zero-order valence-electron chi connectivity index (χ0n) is 17.3. The van der Waals surface area contributed by atoms with Gasteiger partial charge in [0.25, 0.3) is 5.78 Å². The monoisotopic (exact) mass is 451 g/mol. The molecule has 33 heavy (non-hydrogen) atoms. The van der Waals surface area contributed by atoms with E-state index in [2.05, 4.69) is 4.98 Å². The van der Waals surface area contributed by atoms with E-state index in [1.165, 1.54) is 11.3 Å². The number of carbonyl (C=O) groups is 2. The topological polar surface area (TPSA) is 85.1 Å². The largest absolute Gasteiger partial charge is 0.475 e. The van der Waals surface area contributed by atoms with Gasteiger partial charge in [-0.3, -0.25) is 4.79 Å². The van der Waals surface area contributed by atoms with Crippen LogP contribution in [0.1, 0.15) is 11.3 Å². The van der Waals surface area contributed by atoms with Gasteiger partial charge >= 0.3 is 5.97 Å². The summed E-state index contributed by atoms with van der Waals surface area (Å²) in [5.41, 5.74) is 3.11. The summed E-state index contributed by atoms with van der Waals surface area (Å²) in [5, 5.41) is 17.1. The fourth-order valence-electron chi connectivity index (χ4n) is 3.55. The Kier molecular flexibility index (Phi) is 5.38. The van der Waals surface area contributed by atoms with E-state index in [1.54, 1.807) is 23.0 Å². The summed E-state index contributed by atoms with van der Waals surface area (Å²) in [6, 6.07) is 24.4. The average Bonchev–Trinajstić information content (AvgIpc) is 3.52. The van der Waals surface area contributed by atoms with E-state index in [-0.39, 0.29) is 5.57 Å². The minimum absolute atomic E-state index is 0.00123. The van der Waals surface area contributed by atoms with Gasteiger partial charge in [-0.25, -0.2) is 14.5 Å². The smallest absolute Gasteiger partial charge is 0.377 e. The van der Waals surface area contributed by atoms with E-state index in [0.29, 0.717) is 22.5 Å². The highest BCUT2D eigenvalue weighted by atomic mass is 32.1. The molecule has 0 aliphatic heterocycles. The lowest BCUT2D eigenvalue weighted by molar-refractivity contribution is -0.146. The predicted octanol–water partition coefficient (Wildman–Crippen LogP) is 5.34. The first-order chi connectivity index (χ1) is 16.1. The number of rotatable bonds is 6. The second-order valence-electron chi connectivity index (χ2n) is 7.27. The van der Waals surface area contributed by atoms with Crippen LogP contribution in [0.15, 0.2) is 90.4 Å². The van der Waals surface area contributed by atoms with Gasteiger partial charge in [-0.05, 0) is 41.8 Å². The summed E-state index contributed by atoms with van der Waals surface area (Å²) >= 11 is 1.52. The number of carboxylic acids is 1. The van der Waals surface area contributed by atoms with E-state index >= 15 is 0 Å². The van der Waals surface area contributed by atoms with E-state index in [1.807, 2.05) is 78.2 Å². The number of hydrogen-bond donors (Lipinski definition) is 1. The maximum absolute atomic E-state index is 12.7. The summed E-state index contributed by atoms with van der Waals surface area (Å²) in [4.78, 5) is 29.9. The molecule has 0 unspecified atom stereocenters. The minimum atomic E-state index is -1.54. The van der Waals surface area contributed by atoms with Crippen LogP contribution in [0, 0.1) is 0 Å². The Morgan fingerprint density at radius 2 is 1.70 bits per heavy atom. The fraction of sp³-hybridized carbons (Fsp3) is 0. The molecule has 0 atom stereocenters. The molecule has 0 radical (unpaired) electrons. The van der Waals surface area contributed by atoms with Gasteiger partial charge in [0.2, 0.25) is 0 Å². The quantitative estimate of drug-likeness (QED) is 0.278. The number of nitrogens with zero attached hydrogens (tertiary/aromatic N) is 3. The molecule has 3 aromatic heterocycles. The Balaban J connectivity index is 1.71. The van der Waals surface area contributed by atoms with Crippen LogP contribution in [-0.2, 0) is 9.59 Å². The van der Waals surface area contributed by atoms with Crippen molar-refractivity contribution in [1.82, 2.24) is 14.8 Å². The van der Waals surface area contributed by atoms with Crippen molar-refractivity contribution < 1.29 is 14.7 Å². The summed E-state index contributed by atoms with van der Waals surface area (Å²) in [5.74, 6) is -2.56. The van der Waals surface area contributed by atoms with Gasteiger partial charge in [0, 0.05) is 17.1 Å². The third-order valence-corrected chi connectivity index (χ3v) is 6.01. The van der Waals surface area contributed by atoms with E-state index in [4.69, 9.17) is 5.10 Å². The van der Waals surface area contributed by atoms with E-state index < -0.39 is 11.8 Å². The number of Topliss-reactive ketones (excluding diaryl/α,β-unsaturated/α-hetero) is 1. The number of thiophene rings is 1. The van der Waals surface area contributed by atoms with Crippen molar-refractivity contribution in [1.29, 1.82) is 0 Å². The van der Waals surface area contributed by atoms with Crippen LogP contribution in [0.5, 0.6) is 0 Å². The zero-order chi connectivity index (χ0) is 22.8. The van der Waals surface area contributed by atoms with E-state index in [9.17, 15) is 14.7 Å². The molecule has 0 aliphatic carbocycles. The first kappa shape index (κ1) is 20.5. The lowest BCUT2D eigenvalue weighted by atomic mass is 10.0. The van der Waals surface area contributed by atoms with Gasteiger partial charge in [-0.1, -0.05) is 48.5 Å². The number of para-hydroxylation sites is 2. The average molecular weight is 452 g/mol.